The number of hydrogen-bond donors (Lipinski definition) is 0. The number of ketones is 1. The van der Waals surface area contributed by atoms with Gasteiger partial charge in [0, 0.05) is 5.56 Å². The lowest BCUT2D eigenvalue weighted by Gasteiger charge is -2.37. The topological polar surface area (TPSA) is 80.8 Å². The van der Waals surface area contributed by atoms with Crippen LogP contribution in [-0.2, 0) is 14.3 Å². The number of ether oxygens (including phenoxy) is 1. The van der Waals surface area contributed by atoms with Crippen LogP contribution in [0.15, 0.2) is 54.6 Å². The van der Waals surface area contributed by atoms with Crippen molar-refractivity contribution in [3.8, 4) is 0 Å². The maximum absolute atomic E-state index is 13.5. The molecule has 34 heavy (non-hydrogen) atoms. The Morgan fingerprint density at radius 3 is 2.24 bits per heavy atom. The molecule has 6 nitrogen and oxygen atoms in total. The molecular weight excluding hydrogens is 430 g/mol. The Bertz CT molecular complexity index is 1260. The van der Waals surface area contributed by atoms with Crippen LogP contribution in [0.4, 0.5) is 5.69 Å². The molecule has 1 aliphatic heterocycles. The quantitative estimate of drug-likeness (QED) is 0.296. The molecule has 2 saturated carbocycles. The molecule has 6 heteroatoms. The molecule has 1 saturated heterocycles. The molecule has 1 heterocycles. The highest BCUT2D eigenvalue weighted by atomic mass is 16.5. The first-order chi connectivity index (χ1) is 16.4. The Morgan fingerprint density at radius 2 is 1.56 bits per heavy atom. The predicted octanol–water partition coefficient (Wildman–Crippen LogP) is 3.90. The molecule has 2 bridgehead atoms. The van der Waals surface area contributed by atoms with Crippen molar-refractivity contribution in [3.05, 3.63) is 76.9 Å². The summed E-state index contributed by atoms with van der Waals surface area (Å²) in [6, 6.07) is 12.0. The number of benzene rings is 2. The van der Waals surface area contributed by atoms with Gasteiger partial charge in [-0.3, -0.25) is 14.4 Å². The van der Waals surface area contributed by atoms with Crippen LogP contribution in [0.25, 0.3) is 0 Å². The fourth-order valence-electron chi connectivity index (χ4n) is 6.36. The van der Waals surface area contributed by atoms with Crippen molar-refractivity contribution in [2.45, 2.75) is 20.3 Å². The van der Waals surface area contributed by atoms with Crippen molar-refractivity contribution in [3.63, 3.8) is 0 Å². The number of nitrogens with zero attached hydrogens (tertiary/aromatic N) is 1. The predicted molar refractivity (Wildman–Crippen MR) is 124 cm³/mol. The molecule has 2 aromatic carbocycles. The van der Waals surface area contributed by atoms with E-state index < -0.39 is 12.6 Å². The summed E-state index contributed by atoms with van der Waals surface area (Å²) in [7, 11) is 0. The van der Waals surface area contributed by atoms with Gasteiger partial charge in [0.15, 0.2) is 6.61 Å². The third-order valence-corrected chi connectivity index (χ3v) is 8.06. The first-order valence-corrected chi connectivity index (χ1v) is 11.8. The Hall–Kier alpha value is -3.54. The van der Waals surface area contributed by atoms with Crippen LogP contribution in [0.5, 0.6) is 0 Å². The van der Waals surface area contributed by atoms with Crippen LogP contribution in [0.1, 0.15) is 38.3 Å². The summed E-state index contributed by atoms with van der Waals surface area (Å²) < 4.78 is 5.36. The number of amides is 2. The van der Waals surface area contributed by atoms with Gasteiger partial charge in [0.05, 0.1) is 23.1 Å². The number of allylic oxidation sites excluding steroid dienone is 2. The highest BCUT2D eigenvalue weighted by Gasteiger charge is 2.67. The number of hydrogen-bond acceptors (Lipinski definition) is 5. The number of Topliss-reactive ketones (excluding diaryl/α,β-unsaturated/α-hetero) is 1. The van der Waals surface area contributed by atoms with Gasteiger partial charge in [-0.2, -0.15) is 0 Å². The highest BCUT2D eigenvalue weighted by Crippen LogP contribution is 2.65. The highest BCUT2D eigenvalue weighted by molar-refractivity contribution is 6.24. The van der Waals surface area contributed by atoms with Crippen molar-refractivity contribution >= 4 is 29.3 Å². The summed E-state index contributed by atoms with van der Waals surface area (Å²) >= 11 is 0. The maximum atomic E-state index is 13.5. The van der Waals surface area contributed by atoms with Crippen LogP contribution in [0, 0.1) is 49.4 Å². The molecule has 0 aromatic heterocycles. The van der Waals surface area contributed by atoms with Gasteiger partial charge in [0.1, 0.15) is 0 Å². The second-order valence-electron chi connectivity index (χ2n) is 10.0. The number of imide groups is 1. The van der Waals surface area contributed by atoms with Gasteiger partial charge < -0.3 is 4.74 Å². The molecule has 0 N–H and O–H groups in total. The fraction of sp³-hybridized carbons (Fsp3) is 0.357. The van der Waals surface area contributed by atoms with Crippen molar-refractivity contribution in [1.82, 2.24) is 0 Å². The summed E-state index contributed by atoms with van der Waals surface area (Å²) in [4.78, 5) is 53.8. The van der Waals surface area contributed by atoms with Crippen molar-refractivity contribution in [2.24, 2.45) is 35.5 Å². The normalized spacial score (nSPS) is 30.2. The summed E-state index contributed by atoms with van der Waals surface area (Å²) in [6.07, 6.45) is 5.33. The summed E-state index contributed by atoms with van der Waals surface area (Å²) in [5.41, 5.74) is 2.62. The molecule has 5 aliphatic rings. The lowest BCUT2D eigenvalue weighted by atomic mass is 9.63. The van der Waals surface area contributed by atoms with Crippen LogP contribution in [0.3, 0.4) is 0 Å². The monoisotopic (exact) mass is 455 g/mol. The molecule has 2 amide bonds. The third-order valence-electron chi connectivity index (χ3n) is 8.06. The van der Waals surface area contributed by atoms with E-state index in [1.54, 1.807) is 24.3 Å². The van der Waals surface area contributed by atoms with Crippen LogP contribution >= 0.6 is 0 Å². The number of carbonyl (C=O) groups is 4. The Morgan fingerprint density at radius 1 is 0.912 bits per heavy atom. The average molecular weight is 456 g/mol. The van der Waals surface area contributed by atoms with E-state index in [1.807, 2.05) is 26.0 Å². The lowest BCUT2D eigenvalue weighted by Crippen LogP contribution is -2.40. The minimum Gasteiger partial charge on any atom is -0.454 e. The number of rotatable bonds is 5. The fourth-order valence-corrected chi connectivity index (χ4v) is 6.36. The van der Waals surface area contributed by atoms with Crippen LogP contribution in [0.2, 0.25) is 0 Å². The Labute approximate surface area is 197 Å². The van der Waals surface area contributed by atoms with Gasteiger partial charge >= 0.3 is 5.97 Å². The third kappa shape index (κ3) is 3.01. The molecule has 6 atom stereocenters. The summed E-state index contributed by atoms with van der Waals surface area (Å²) in [6.45, 7) is 3.31. The average Bonchev–Trinajstić information content (AvgIpc) is 3.62. The van der Waals surface area contributed by atoms with Gasteiger partial charge in [-0.25, -0.2) is 9.69 Å². The van der Waals surface area contributed by atoms with Gasteiger partial charge in [0.25, 0.3) is 0 Å². The molecule has 2 aromatic rings. The maximum Gasteiger partial charge on any atom is 0.340 e. The first kappa shape index (κ1) is 21.0. The smallest absolute Gasteiger partial charge is 0.340 e. The van der Waals surface area contributed by atoms with Crippen LogP contribution < -0.4 is 4.90 Å². The summed E-state index contributed by atoms with van der Waals surface area (Å²) in [5, 5.41) is 0. The molecule has 4 aliphatic carbocycles. The van der Waals surface area contributed by atoms with Gasteiger partial charge in [0.2, 0.25) is 17.6 Å². The number of carbonyl (C=O) groups excluding carboxylic acids is 4. The van der Waals surface area contributed by atoms with E-state index in [0.29, 0.717) is 17.4 Å². The number of para-hydroxylation sites is 1. The molecule has 0 radical (unpaired) electrons. The number of esters is 1. The van der Waals surface area contributed by atoms with Gasteiger partial charge in [-0.15, -0.1) is 0 Å². The molecule has 7 rings (SSSR count). The van der Waals surface area contributed by atoms with E-state index in [0.717, 1.165) is 17.5 Å². The van der Waals surface area contributed by atoms with E-state index in [4.69, 9.17) is 4.74 Å². The minimum absolute atomic E-state index is 0.107. The lowest BCUT2D eigenvalue weighted by molar-refractivity contribution is -0.124. The molecular formula is C28H25NO5. The second-order valence-corrected chi connectivity index (χ2v) is 10.0. The SMILES string of the molecule is Cc1ccc(C)c(C(=O)COC(=O)c2ccccc2N2C(=O)[C@@H]3[C@@H]4C=C[C@H]([C@H]5C[C@H]45)[C@H]3C2=O)c1. The zero-order chi connectivity index (χ0) is 23.7. The molecule has 172 valence electrons. The van der Waals surface area contributed by atoms with E-state index >= 15 is 0 Å². The van der Waals surface area contributed by atoms with E-state index in [9.17, 15) is 19.2 Å². The van der Waals surface area contributed by atoms with Gasteiger partial charge in [-0.05, 0) is 67.7 Å². The van der Waals surface area contributed by atoms with E-state index in [2.05, 4.69) is 12.2 Å². The van der Waals surface area contributed by atoms with Crippen molar-refractivity contribution in [2.75, 3.05) is 11.5 Å². The van der Waals surface area contributed by atoms with E-state index in [1.165, 1.54) is 11.0 Å². The Kier molecular flexibility index (Phi) is 4.63. The number of aryl methyl sites for hydroxylation is 2. The van der Waals surface area contributed by atoms with Crippen molar-refractivity contribution in [1.29, 1.82) is 0 Å². The van der Waals surface area contributed by atoms with Gasteiger partial charge in [-0.1, -0.05) is 42.0 Å². The largest absolute Gasteiger partial charge is 0.454 e. The molecule has 3 fully saturated rings. The standard InChI is InChI=1S/C28H25NO5/c1-14-7-8-15(2)19(11-14)23(30)13-34-28(33)18-5-3-4-6-22(18)29-26(31)24-16-9-10-17(21-12-20(16)21)25(24)27(29)32/h3-11,16-17,20-21,24-25H,12-13H2,1-2H3/t16-,17-,20-,21-,24-,25-/m1/s1. The van der Waals surface area contributed by atoms with Crippen LogP contribution in [-0.4, -0.2) is 30.2 Å². The molecule has 0 unspecified atom stereocenters. The summed E-state index contributed by atoms with van der Waals surface area (Å²) in [5.74, 6) is -0.956. The first-order valence-electron chi connectivity index (χ1n) is 11.8. The minimum atomic E-state index is -0.728. The van der Waals surface area contributed by atoms with E-state index in [-0.39, 0.29) is 52.5 Å². The zero-order valence-electron chi connectivity index (χ0n) is 19.1. The zero-order valence-corrected chi connectivity index (χ0v) is 19.1. The Balaban J connectivity index is 1.24. The molecule has 0 spiro atoms. The second kappa shape index (κ2) is 7.49. The van der Waals surface area contributed by atoms with Crippen molar-refractivity contribution < 1.29 is 23.9 Å². The number of anilines is 1.